The van der Waals surface area contributed by atoms with Gasteiger partial charge >= 0.3 is 6.18 Å². The molecular weight excluding hydrogens is 532 g/mol. The Balaban J connectivity index is 1.48. The molecule has 0 amide bonds. The molecule has 1 aliphatic rings. The van der Waals surface area contributed by atoms with Gasteiger partial charge in [-0.25, -0.2) is 25.2 Å². The Hall–Kier alpha value is -4.71. The summed E-state index contributed by atoms with van der Waals surface area (Å²) in [5.74, 6) is 10.4. The molecule has 2 aromatic heterocycles. The predicted molar refractivity (Wildman–Crippen MR) is 139 cm³/mol. The molecule has 0 fully saturated rings. The molecule has 0 atom stereocenters. The lowest BCUT2D eigenvalue weighted by Crippen LogP contribution is -2.51. The minimum absolute atomic E-state index is 0.00810. The summed E-state index contributed by atoms with van der Waals surface area (Å²) in [6, 6.07) is 6.41. The first-order valence-corrected chi connectivity index (χ1v) is 11.9. The molecule has 0 spiro atoms. The minimum atomic E-state index is -4.65. The number of nitrogens with two attached hydrogens (primary N) is 2. The maximum atomic E-state index is 14.8. The summed E-state index contributed by atoms with van der Waals surface area (Å²) < 4.78 is 60.6. The first-order chi connectivity index (χ1) is 18.9. The van der Waals surface area contributed by atoms with Gasteiger partial charge in [0.05, 0.1) is 46.9 Å². The highest BCUT2D eigenvalue weighted by Gasteiger charge is 2.34. The fourth-order valence-corrected chi connectivity index (χ4v) is 4.03. The third-order valence-electron chi connectivity index (χ3n) is 6.32. The summed E-state index contributed by atoms with van der Waals surface area (Å²) in [7, 11) is 0. The smallest absolute Gasteiger partial charge is 0.417 e. The van der Waals surface area contributed by atoms with E-state index in [0.29, 0.717) is 35.9 Å². The van der Waals surface area contributed by atoms with Gasteiger partial charge in [-0.15, -0.1) is 0 Å². The topological polar surface area (TPSA) is 155 Å². The number of ether oxygens (including phenoxy) is 1. The number of fused-ring (bicyclic) bond motifs is 1. The first kappa shape index (κ1) is 28.3. The number of halogens is 4. The first-order valence-electron chi connectivity index (χ1n) is 11.9. The van der Waals surface area contributed by atoms with Crippen molar-refractivity contribution in [3.05, 3.63) is 65.0 Å². The third-order valence-corrected chi connectivity index (χ3v) is 6.32. The number of pyridine rings is 1. The number of nitriles is 1. The summed E-state index contributed by atoms with van der Waals surface area (Å²) >= 11 is 0. The van der Waals surface area contributed by atoms with Crippen LogP contribution in [0.15, 0.2) is 41.9 Å². The lowest BCUT2D eigenvalue weighted by molar-refractivity contribution is -0.137. The van der Waals surface area contributed by atoms with Gasteiger partial charge < -0.3 is 20.8 Å². The van der Waals surface area contributed by atoms with Gasteiger partial charge in [0.2, 0.25) is 0 Å². The fourth-order valence-electron chi connectivity index (χ4n) is 4.03. The summed E-state index contributed by atoms with van der Waals surface area (Å²) in [5, 5.41) is 16.7. The van der Waals surface area contributed by atoms with E-state index in [-0.39, 0.29) is 19.0 Å². The molecule has 3 aromatic rings. The summed E-state index contributed by atoms with van der Waals surface area (Å²) in [6.07, 6.45) is -0.332. The van der Waals surface area contributed by atoms with Crippen LogP contribution in [0.1, 0.15) is 36.2 Å². The van der Waals surface area contributed by atoms with Crippen LogP contribution >= 0.6 is 0 Å². The minimum Gasteiger partial charge on any atom is -0.473 e. The van der Waals surface area contributed by atoms with E-state index in [1.807, 2.05) is 0 Å². The van der Waals surface area contributed by atoms with Crippen molar-refractivity contribution in [3.63, 3.8) is 0 Å². The van der Waals surface area contributed by atoms with E-state index in [4.69, 9.17) is 21.7 Å². The van der Waals surface area contributed by atoms with Gasteiger partial charge in [0, 0.05) is 23.9 Å². The number of nitrogens with one attached hydrogen (secondary N) is 1. The Morgan fingerprint density at radius 3 is 2.70 bits per heavy atom. The maximum Gasteiger partial charge on any atom is 0.417 e. The second-order valence-electron chi connectivity index (χ2n) is 9.57. The van der Waals surface area contributed by atoms with Crippen LogP contribution in [0.2, 0.25) is 0 Å². The Morgan fingerprint density at radius 1 is 1.25 bits per heavy atom. The number of benzene rings is 1. The standard InChI is InChI=1S/C25H26F4N10O/c1-24(2,39(32)14-36-31)12-40-23-20(26)7-16(10-33-23)37-22-18-5-6-38(11-21(18)34-13-35-22)17-4-3-15(9-30)19(8-17)25(27,28)29/h3-4,7-8,10,13-14H,5-6,11-12,31-32H2,1-2H3,(H,34,35,37)/b36-14-. The molecule has 0 unspecified atom stereocenters. The van der Waals surface area contributed by atoms with Crippen molar-refractivity contribution in [2.24, 2.45) is 16.8 Å². The number of aromatic nitrogens is 3. The average molecular weight is 559 g/mol. The number of anilines is 3. The van der Waals surface area contributed by atoms with E-state index in [0.717, 1.165) is 17.7 Å². The van der Waals surface area contributed by atoms with Gasteiger partial charge in [-0.05, 0) is 38.5 Å². The van der Waals surface area contributed by atoms with Crippen LogP contribution in [0.5, 0.6) is 5.88 Å². The molecule has 11 nitrogen and oxygen atoms in total. The van der Waals surface area contributed by atoms with E-state index in [9.17, 15) is 17.6 Å². The molecule has 0 aliphatic carbocycles. The molecule has 1 aliphatic heterocycles. The van der Waals surface area contributed by atoms with Crippen molar-refractivity contribution < 1.29 is 22.3 Å². The number of hydrazine groups is 1. The molecule has 210 valence electrons. The average Bonchev–Trinajstić information content (AvgIpc) is 2.91. The van der Waals surface area contributed by atoms with Crippen LogP contribution in [-0.4, -0.2) is 45.0 Å². The molecule has 0 saturated carbocycles. The van der Waals surface area contributed by atoms with Crippen LogP contribution in [0.3, 0.4) is 0 Å². The molecule has 0 saturated heterocycles. The van der Waals surface area contributed by atoms with Gasteiger partial charge in [-0.3, -0.25) is 5.01 Å². The van der Waals surface area contributed by atoms with E-state index in [1.165, 1.54) is 36.0 Å². The number of alkyl halides is 3. The molecule has 40 heavy (non-hydrogen) atoms. The van der Waals surface area contributed by atoms with Crippen molar-refractivity contribution in [3.8, 4) is 11.9 Å². The number of rotatable bonds is 8. The monoisotopic (exact) mass is 558 g/mol. The molecule has 4 rings (SSSR count). The summed E-state index contributed by atoms with van der Waals surface area (Å²) in [6.45, 7) is 4.08. The van der Waals surface area contributed by atoms with E-state index in [2.05, 4.69) is 25.4 Å². The summed E-state index contributed by atoms with van der Waals surface area (Å²) in [4.78, 5) is 14.4. The van der Waals surface area contributed by atoms with Gasteiger partial charge in [0.1, 0.15) is 25.1 Å². The van der Waals surface area contributed by atoms with Crippen molar-refractivity contribution in [1.29, 1.82) is 5.26 Å². The van der Waals surface area contributed by atoms with Crippen molar-refractivity contribution in [1.82, 2.24) is 20.0 Å². The van der Waals surface area contributed by atoms with Gasteiger partial charge in [-0.1, -0.05) is 0 Å². The summed E-state index contributed by atoms with van der Waals surface area (Å²) in [5.41, 5.74) is -0.202. The molecular formula is C25H26F4N10O. The van der Waals surface area contributed by atoms with Crippen LogP contribution in [0.4, 0.5) is 34.8 Å². The van der Waals surface area contributed by atoms with Gasteiger partial charge in [-0.2, -0.15) is 23.5 Å². The highest BCUT2D eigenvalue weighted by Crippen LogP contribution is 2.36. The zero-order valence-electron chi connectivity index (χ0n) is 21.6. The van der Waals surface area contributed by atoms with E-state index in [1.54, 1.807) is 24.8 Å². The second-order valence-corrected chi connectivity index (χ2v) is 9.57. The highest BCUT2D eigenvalue weighted by molar-refractivity contribution is 5.62. The Kier molecular flexibility index (Phi) is 7.91. The number of nitrogens with zero attached hydrogens (tertiary/aromatic N) is 7. The van der Waals surface area contributed by atoms with Gasteiger partial charge in [0.15, 0.2) is 5.82 Å². The van der Waals surface area contributed by atoms with Crippen LogP contribution in [-0.2, 0) is 19.1 Å². The lowest BCUT2D eigenvalue weighted by atomic mass is 10.0. The predicted octanol–water partition coefficient (Wildman–Crippen LogP) is 3.44. The van der Waals surface area contributed by atoms with Crippen LogP contribution < -0.4 is 26.6 Å². The van der Waals surface area contributed by atoms with E-state index >= 15 is 0 Å². The third kappa shape index (κ3) is 6.12. The normalized spacial score (nSPS) is 13.6. The van der Waals surface area contributed by atoms with Crippen molar-refractivity contribution in [2.45, 2.75) is 38.5 Å². The van der Waals surface area contributed by atoms with Crippen LogP contribution in [0.25, 0.3) is 0 Å². The molecule has 15 heteroatoms. The quantitative estimate of drug-likeness (QED) is 0.123. The SMILES string of the molecule is CC(C)(COc1ncc(Nc2ncnc3c2CCN(c2ccc(C#N)c(C(F)(F)F)c2)C3)cc1F)N(N)/C=N\N. The lowest BCUT2D eigenvalue weighted by Gasteiger charge is -2.32. The zero-order chi connectivity index (χ0) is 29.1. The molecule has 5 N–H and O–H groups in total. The van der Waals surface area contributed by atoms with Crippen LogP contribution in [0, 0.1) is 17.1 Å². The van der Waals surface area contributed by atoms with Gasteiger partial charge in [0.25, 0.3) is 5.88 Å². The zero-order valence-corrected chi connectivity index (χ0v) is 21.6. The van der Waals surface area contributed by atoms with E-state index < -0.39 is 28.7 Å². The molecule has 3 heterocycles. The number of hydrogen-bond acceptors (Lipinski definition) is 10. The highest BCUT2D eigenvalue weighted by atomic mass is 19.4. The fraction of sp³-hybridized carbons (Fsp3) is 0.320. The Morgan fingerprint density at radius 2 is 2.02 bits per heavy atom. The Bertz CT molecular complexity index is 1450. The number of hydrogen-bond donors (Lipinski definition) is 3. The molecule has 1 aromatic carbocycles. The largest absolute Gasteiger partial charge is 0.473 e. The molecule has 0 bridgehead atoms. The maximum absolute atomic E-state index is 14.8. The second kappa shape index (κ2) is 11.2. The number of hydrazone groups is 1. The Labute approximate surface area is 227 Å². The van der Waals surface area contributed by atoms with Crippen molar-refractivity contribution >= 4 is 23.5 Å². The van der Waals surface area contributed by atoms with Crippen molar-refractivity contribution in [2.75, 3.05) is 23.4 Å². The molecule has 0 radical (unpaired) electrons.